The van der Waals surface area contributed by atoms with E-state index in [0.717, 1.165) is 23.5 Å². The fraction of sp³-hybridized carbons (Fsp3) is 0.500. The van der Waals surface area contributed by atoms with Crippen molar-refractivity contribution in [1.82, 2.24) is 19.9 Å². The van der Waals surface area contributed by atoms with E-state index < -0.39 is 0 Å². The zero-order valence-electron chi connectivity index (χ0n) is 10.3. The van der Waals surface area contributed by atoms with Gasteiger partial charge in [0.05, 0.1) is 5.54 Å². The van der Waals surface area contributed by atoms with Crippen LogP contribution in [0.2, 0.25) is 0 Å². The average Bonchev–Trinajstić information content (AvgIpc) is 2.68. The van der Waals surface area contributed by atoms with Crippen molar-refractivity contribution in [3.05, 3.63) is 24.2 Å². The van der Waals surface area contributed by atoms with Gasteiger partial charge in [-0.2, -0.15) is 0 Å². The van der Waals surface area contributed by atoms with Crippen molar-refractivity contribution in [2.75, 3.05) is 7.05 Å². The van der Waals surface area contributed by atoms with Crippen LogP contribution >= 0.6 is 0 Å². The molecule has 0 bridgehead atoms. The highest BCUT2D eigenvalue weighted by atomic mass is 15.2. The number of hydrogen-bond acceptors (Lipinski definition) is 3. The third kappa shape index (κ3) is 1.59. The second-order valence-corrected chi connectivity index (χ2v) is 4.40. The number of pyridine rings is 1. The molecule has 0 saturated carbocycles. The molecule has 2 rings (SSSR count). The van der Waals surface area contributed by atoms with Crippen LogP contribution in [0.5, 0.6) is 0 Å². The Morgan fingerprint density at radius 3 is 2.81 bits per heavy atom. The lowest BCUT2D eigenvalue weighted by molar-refractivity contribution is 0.400. The van der Waals surface area contributed by atoms with E-state index in [1.165, 1.54) is 0 Å². The Kier molecular flexibility index (Phi) is 2.68. The molecule has 2 aromatic rings. The van der Waals surface area contributed by atoms with E-state index in [1.54, 1.807) is 0 Å². The van der Waals surface area contributed by atoms with Gasteiger partial charge in [0.15, 0.2) is 5.65 Å². The fourth-order valence-electron chi connectivity index (χ4n) is 1.85. The second kappa shape index (κ2) is 3.87. The van der Waals surface area contributed by atoms with Crippen molar-refractivity contribution in [1.29, 1.82) is 0 Å². The van der Waals surface area contributed by atoms with Gasteiger partial charge in [-0.25, -0.2) is 9.97 Å². The summed E-state index contributed by atoms with van der Waals surface area (Å²) in [6, 6.07) is 3.93. The summed E-state index contributed by atoms with van der Waals surface area (Å²) in [5.41, 5.74) is 1.78. The zero-order chi connectivity index (χ0) is 11.8. The maximum Gasteiger partial charge on any atom is 0.160 e. The molecule has 0 aromatic carbocycles. The molecule has 0 unspecified atom stereocenters. The van der Waals surface area contributed by atoms with Crippen LogP contribution in [0.4, 0.5) is 0 Å². The predicted octanol–water partition coefficient (Wildman–Crippen LogP) is 1.91. The lowest BCUT2D eigenvalue weighted by Crippen LogP contribution is -2.36. The number of nitrogens with one attached hydrogen (secondary N) is 1. The lowest BCUT2D eigenvalue weighted by Gasteiger charge is -2.24. The van der Waals surface area contributed by atoms with Gasteiger partial charge in [0.1, 0.15) is 11.3 Å². The van der Waals surface area contributed by atoms with Gasteiger partial charge in [0.25, 0.3) is 0 Å². The largest absolute Gasteiger partial charge is 0.311 e. The molecule has 1 N–H and O–H groups in total. The first-order valence-corrected chi connectivity index (χ1v) is 5.60. The van der Waals surface area contributed by atoms with Crippen molar-refractivity contribution in [3.8, 4) is 0 Å². The number of aromatic nitrogens is 3. The monoisotopic (exact) mass is 218 g/mol. The maximum absolute atomic E-state index is 4.66. The van der Waals surface area contributed by atoms with Crippen molar-refractivity contribution >= 4 is 11.2 Å². The molecule has 4 nitrogen and oxygen atoms in total. The van der Waals surface area contributed by atoms with Crippen LogP contribution in [-0.4, -0.2) is 21.6 Å². The first kappa shape index (κ1) is 11.1. The molecule has 0 atom stereocenters. The first-order valence-electron chi connectivity index (χ1n) is 5.60. The molecular weight excluding hydrogens is 200 g/mol. The van der Waals surface area contributed by atoms with E-state index in [0.29, 0.717) is 0 Å². The third-order valence-electron chi connectivity index (χ3n) is 3.00. The number of imidazole rings is 1. The van der Waals surface area contributed by atoms with Crippen LogP contribution < -0.4 is 5.32 Å². The molecule has 2 aromatic heterocycles. The van der Waals surface area contributed by atoms with Crippen LogP contribution in [0.3, 0.4) is 0 Å². The molecule has 0 aliphatic heterocycles. The second-order valence-electron chi connectivity index (χ2n) is 4.40. The fourth-order valence-corrected chi connectivity index (χ4v) is 1.85. The standard InChI is InChI=1S/C12H18N4/c1-5-16-10-9(7-6-8-14-10)15-11(16)12(2,3)13-4/h6-8,13H,5H2,1-4H3. The summed E-state index contributed by atoms with van der Waals surface area (Å²) >= 11 is 0. The molecule has 0 aliphatic carbocycles. The van der Waals surface area contributed by atoms with Crippen molar-refractivity contribution in [2.24, 2.45) is 0 Å². The summed E-state index contributed by atoms with van der Waals surface area (Å²) in [5, 5.41) is 3.28. The SMILES string of the molecule is CCn1c(C(C)(C)NC)nc2cccnc21. The molecule has 0 aliphatic rings. The van der Waals surface area contributed by atoms with Crippen molar-refractivity contribution in [3.63, 3.8) is 0 Å². The highest BCUT2D eigenvalue weighted by Crippen LogP contribution is 2.23. The van der Waals surface area contributed by atoms with E-state index in [2.05, 4.69) is 40.6 Å². The van der Waals surface area contributed by atoms with Gasteiger partial charge >= 0.3 is 0 Å². The smallest absolute Gasteiger partial charge is 0.160 e. The van der Waals surface area contributed by atoms with E-state index in [4.69, 9.17) is 0 Å². The topological polar surface area (TPSA) is 42.7 Å². The van der Waals surface area contributed by atoms with Gasteiger partial charge in [-0.1, -0.05) is 0 Å². The zero-order valence-corrected chi connectivity index (χ0v) is 10.3. The number of rotatable bonds is 3. The maximum atomic E-state index is 4.66. The van der Waals surface area contributed by atoms with Gasteiger partial charge in [0.2, 0.25) is 0 Å². The molecule has 16 heavy (non-hydrogen) atoms. The van der Waals surface area contributed by atoms with Gasteiger partial charge in [0, 0.05) is 12.7 Å². The molecule has 0 amide bonds. The minimum Gasteiger partial charge on any atom is -0.311 e. The molecule has 86 valence electrons. The highest BCUT2D eigenvalue weighted by molar-refractivity contribution is 5.71. The Hall–Kier alpha value is -1.42. The minimum atomic E-state index is -0.142. The summed E-state index contributed by atoms with van der Waals surface area (Å²) in [6.45, 7) is 7.25. The van der Waals surface area contributed by atoms with Gasteiger partial charge in [-0.05, 0) is 40.0 Å². The Balaban J connectivity index is 2.70. The van der Waals surface area contributed by atoms with Crippen molar-refractivity contribution in [2.45, 2.75) is 32.9 Å². The number of hydrogen-bond donors (Lipinski definition) is 1. The van der Waals surface area contributed by atoms with E-state index >= 15 is 0 Å². The summed E-state index contributed by atoms with van der Waals surface area (Å²) in [7, 11) is 1.95. The van der Waals surface area contributed by atoms with Gasteiger partial charge < -0.3 is 9.88 Å². The molecule has 2 heterocycles. The molecule has 0 spiro atoms. The van der Waals surface area contributed by atoms with Crippen LogP contribution in [-0.2, 0) is 12.1 Å². The minimum absolute atomic E-state index is 0.142. The molecule has 0 radical (unpaired) electrons. The molecule has 0 saturated heterocycles. The van der Waals surface area contributed by atoms with Gasteiger partial charge in [-0.3, -0.25) is 0 Å². The van der Waals surface area contributed by atoms with Crippen LogP contribution in [0.15, 0.2) is 18.3 Å². The normalized spacial score (nSPS) is 12.2. The number of nitrogens with zero attached hydrogens (tertiary/aromatic N) is 3. The third-order valence-corrected chi connectivity index (χ3v) is 3.00. The molecule has 4 heteroatoms. The first-order chi connectivity index (χ1) is 7.60. The summed E-state index contributed by atoms with van der Waals surface area (Å²) in [6.07, 6.45) is 1.81. The van der Waals surface area contributed by atoms with Crippen LogP contribution in [0, 0.1) is 0 Å². The van der Waals surface area contributed by atoms with E-state index in [1.807, 2.05) is 25.4 Å². The van der Waals surface area contributed by atoms with Crippen LogP contribution in [0.25, 0.3) is 11.2 Å². The van der Waals surface area contributed by atoms with Gasteiger partial charge in [-0.15, -0.1) is 0 Å². The summed E-state index contributed by atoms with van der Waals surface area (Å²) in [4.78, 5) is 9.06. The highest BCUT2D eigenvalue weighted by Gasteiger charge is 2.25. The predicted molar refractivity (Wildman–Crippen MR) is 65.3 cm³/mol. The summed E-state index contributed by atoms with van der Waals surface area (Å²) in [5.74, 6) is 1.03. The Bertz CT molecular complexity index is 499. The Labute approximate surface area is 95.7 Å². The van der Waals surface area contributed by atoms with Crippen LogP contribution in [0.1, 0.15) is 26.6 Å². The van der Waals surface area contributed by atoms with E-state index in [9.17, 15) is 0 Å². The summed E-state index contributed by atoms with van der Waals surface area (Å²) < 4.78 is 2.16. The Morgan fingerprint density at radius 1 is 1.44 bits per heavy atom. The average molecular weight is 218 g/mol. The van der Waals surface area contributed by atoms with E-state index in [-0.39, 0.29) is 5.54 Å². The van der Waals surface area contributed by atoms with Crippen molar-refractivity contribution < 1.29 is 0 Å². The lowest BCUT2D eigenvalue weighted by atomic mass is 10.1. The Morgan fingerprint density at radius 2 is 2.19 bits per heavy atom. The quantitative estimate of drug-likeness (QED) is 0.855. The number of aryl methyl sites for hydroxylation is 1. The molecule has 0 fully saturated rings. The number of fused-ring (bicyclic) bond motifs is 1. The molecular formula is C12H18N4.